The Bertz CT molecular complexity index is 859. The minimum absolute atomic E-state index is 0.136. The van der Waals surface area contributed by atoms with Gasteiger partial charge in [0.1, 0.15) is 6.61 Å². The van der Waals surface area contributed by atoms with Gasteiger partial charge in [-0.15, -0.1) is 0 Å². The molecule has 0 aromatic heterocycles. The maximum absolute atomic E-state index is 12.3. The highest BCUT2D eigenvalue weighted by Gasteiger charge is 2.22. The first-order valence-electron chi connectivity index (χ1n) is 16.9. The van der Waals surface area contributed by atoms with Crippen LogP contribution in [-0.2, 0) is 28.2 Å². The van der Waals surface area contributed by atoms with Crippen molar-refractivity contribution in [1.29, 1.82) is 0 Å². The molecule has 0 saturated carbocycles. The minimum atomic E-state index is -4.76. The van der Waals surface area contributed by atoms with Gasteiger partial charge < -0.3 is 19.3 Å². The SMILES string of the molecule is CCCCC/C=C\C/C=C\C/C=C\C/C=C\CCCC(=O)O[C@H](COC(=O)CCCCCCCCCCC)COP(=O)(O)O. The molecule has 0 aromatic rings. The van der Waals surface area contributed by atoms with Gasteiger partial charge in [-0.3, -0.25) is 14.1 Å². The third-order valence-corrected chi connectivity index (χ3v) is 7.34. The molecule has 254 valence electrons. The summed E-state index contributed by atoms with van der Waals surface area (Å²) in [6.45, 7) is 3.55. The van der Waals surface area contributed by atoms with Crippen molar-refractivity contribution in [3.05, 3.63) is 48.6 Å². The van der Waals surface area contributed by atoms with E-state index in [-0.39, 0.29) is 19.4 Å². The van der Waals surface area contributed by atoms with Crippen molar-refractivity contribution in [2.75, 3.05) is 13.2 Å². The lowest BCUT2D eigenvalue weighted by Gasteiger charge is -2.18. The molecule has 0 aliphatic carbocycles. The third kappa shape index (κ3) is 32.9. The monoisotopic (exact) mass is 640 g/mol. The van der Waals surface area contributed by atoms with Crippen molar-refractivity contribution in [3.63, 3.8) is 0 Å². The van der Waals surface area contributed by atoms with Crippen LogP contribution in [0.2, 0.25) is 0 Å². The van der Waals surface area contributed by atoms with Crippen LogP contribution in [-0.4, -0.2) is 41.0 Å². The molecule has 0 bridgehead atoms. The van der Waals surface area contributed by atoms with Gasteiger partial charge in [-0.05, 0) is 51.4 Å². The van der Waals surface area contributed by atoms with Crippen molar-refractivity contribution in [1.82, 2.24) is 0 Å². The molecule has 0 spiro atoms. The number of phosphoric acid groups is 1. The number of esters is 2. The molecule has 0 aromatic carbocycles. The average Bonchev–Trinajstić information content (AvgIpc) is 2.98. The van der Waals surface area contributed by atoms with Crippen LogP contribution in [0.3, 0.4) is 0 Å². The van der Waals surface area contributed by atoms with Gasteiger partial charge in [-0.1, -0.05) is 127 Å². The van der Waals surface area contributed by atoms with Crippen LogP contribution in [0.5, 0.6) is 0 Å². The first-order chi connectivity index (χ1) is 21.3. The van der Waals surface area contributed by atoms with Crippen LogP contribution in [0.25, 0.3) is 0 Å². The van der Waals surface area contributed by atoms with E-state index in [4.69, 9.17) is 19.3 Å². The molecule has 1 atom stereocenters. The van der Waals surface area contributed by atoms with E-state index in [0.29, 0.717) is 19.3 Å². The Labute approximate surface area is 267 Å². The molecule has 0 aliphatic rings. The van der Waals surface area contributed by atoms with E-state index in [0.717, 1.165) is 32.1 Å². The number of carbonyl (C=O) groups is 2. The van der Waals surface area contributed by atoms with Gasteiger partial charge in [-0.25, -0.2) is 4.57 Å². The molecule has 8 nitrogen and oxygen atoms in total. The Morgan fingerprint density at radius 3 is 1.59 bits per heavy atom. The number of rotatable bonds is 30. The summed E-state index contributed by atoms with van der Waals surface area (Å²) in [6, 6.07) is 0. The van der Waals surface area contributed by atoms with Gasteiger partial charge in [0.25, 0.3) is 0 Å². The lowest BCUT2D eigenvalue weighted by atomic mass is 10.1. The smallest absolute Gasteiger partial charge is 0.462 e. The Balaban J connectivity index is 4.13. The van der Waals surface area contributed by atoms with Gasteiger partial charge in [-0.2, -0.15) is 0 Å². The highest BCUT2D eigenvalue weighted by molar-refractivity contribution is 7.46. The van der Waals surface area contributed by atoms with Crippen molar-refractivity contribution in [2.45, 2.75) is 148 Å². The van der Waals surface area contributed by atoms with Gasteiger partial charge in [0.2, 0.25) is 0 Å². The Morgan fingerprint density at radius 2 is 1.05 bits per heavy atom. The van der Waals surface area contributed by atoms with E-state index in [1.807, 2.05) is 12.2 Å². The molecule has 0 amide bonds. The quantitative estimate of drug-likeness (QED) is 0.0345. The van der Waals surface area contributed by atoms with Crippen LogP contribution >= 0.6 is 7.82 Å². The Morgan fingerprint density at radius 1 is 0.591 bits per heavy atom. The van der Waals surface area contributed by atoms with Crippen molar-refractivity contribution in [3.8, 4) is 0 Å². The maximum atomic E-state index is 12.3. The second-order valence-electron chi connectivity index (χ2n) is 11.1. The first-order valence-corrected chi connectivity index (χ1v) is 18.5. The van der Waals surface area contributed by atoms with E-state index >= 15 is 0 Å². The predicted octanol–water partition coefficient (Wildman–Crippen LogP) is 9.62. The summed E-state index contributed by atoms with van der Waals surface area (Å²) in [5.74, 6) is -0.958. The summed E-state index contributed by atoms with van der Waals surface area (Å²) in [5, 5.41) is 0. The van der Waals surface area contributed by atoms with Crippen molar-refractivity contribution >= 4 is 19.8 Å². The molecule has 2 N–H and O–H groups in total. The van der Waals surface area contributed by atoms with E-state index < -0.39 is 32.5 Å². The maximum Gasteiger partial charge on any atom is 0.469 e. The first kappa shape index (κ1) is 42.0. The van der Waals surface area contributed by atoms with Gasteiger partial charge in [0.15, 0.2) is 6.10 Å². The Hall–Kier alpha value is -1.99. The molecule has 0 fully saturated rings. The molecule has 9 heteroatoms. The zero-order chi connectivity index (χ0) is 32.6. The second kappa shape index (κ2) is 31.0. The third-order valence-electron chi connectivity index (χ3n) is 6.85. The fourth-order valence-electron chi connectivity index (χ4n) is 4.30. The van der Waals surface area contributed by atoms with Gasteiger partial charge >= 0.3 is 19.8 Å². The average molecular weight is 641 g/mol. The highest BCUT2D eigenvalue weighted by atomic mass is 31.2. The predicted molar refractivity (Wildman–Crippen MR) is 179 cm³/mol. The van der Waals surface area contributed by atoms with E-state index in [1.54, 1.807) is 0 Å². The number of hydrogen-bond donors (Lipinski definition) is 2. The summed E-state index contributed by atoms with van der Waals surface area (Å²) < 4.78 is 26.1. The molecule has 0 heterocycles. The van der Waals surface area contributed by atoms with Crippen LogP contribution in [0, 0.1) is 0 Å². The lowest BCUT2D eigenvalue weighted by molar-refractivity contribution is -0.161. The topological polar surface area (TPSA) is 119 Å². The number of phosphoric ester groups is 1. The van der Waals surface area contributed by atoms with Crippen LogP contribution in [0.1, 0.15) is 142 Å². The summed E-state index contributed by atoms with van der Waals surface area (Å²) in [4.78, 5) is 42.4. The van der Waals surface area contributed by atoms with Crippen LogP contribution < -0.4 is 0 Å². The van der Waals surface area contributed by atoms with Crippen LogP contribution in [0.15, 0.2) is 48.6 Å². The van der Waals surface area contributed by atoms with Gasteiger partial charge in [0, 0.05) is 12.8 Å². The van der Waals surface area contributed by atoms with E-state index in [9.17, 15) is 14.2 Å². The number of ether oxygens (including phenoxy) is 2. The summed E-state index contributed by atoms with van der Waals surface area (Å²) in [5.41, 5.74) is 0. The van der Waals surface area contributed by atoms with Gasteiger partial charge in [0.05, 0.1) is 6.61 Å². The summed E-state index contributed by atoms with van der Waals surface area (Å²) in [6.07, 6.45) is 35.6. The largest absolute Gasteiger partial charge is 0.469 e. The Kier molecular flexibility index (Phi) is 29.6. The zero-order valence-electron chi connectivity index (χ0n) is 27.5. The van der Waals surface area contributed by atoms with E-state index in [1.165, 1.54) is 64.2 Å². The molecular weight excluding hydrogens is 579 g/mol. The lowest BCUT2D eigenvalue weighted by Crippen LogP contribution is -2.29. The number of carbonyl (C=O) groups excluding carboxylic acids is 2. The molecule has 0 unspecified atom stereocenters. The summed E-state index contributed by atoms with van der Waals surface area (Å²) >= 11 is 0. The van der Waals surface area contributed by atoms with Crippen molar-refractivity contribution < 1.29 is 37.9 Å². The molecule has 0 saturated heterocycles. The molecule has 0 aliphatic heterocycles. The fraction of sp³-hybridized carbons (Fsp3) is 0.714. The summed E-state index contributed by atoms with van der Waals surface area (Å²) in [7, 11) is -4.76. The highest BCUT2D eigenvalue weighted by Crippen LogP contribution is 2.35. The number of unbranched alkanes of at least 4 members (excludes halogenated alkanes) is 12. The zero-order valence-corrected chi connectivity index (χ0v) is 28.4. The van der Waals surface area contributed by atoms with Crippen LogP contribution in [0.4, 0.5) is 0 Å². The molecule has 0 rings (SSSR count). The normalized spacial score (nSPS) is 13.1. The molecular formula is C35H61O8P. The van der Waals surface area contributed by atoms with Crippen molar-refractivity contribution in [2.24, 2.45) is 0 Å². The number of hydrogen-bond acceptors (Lipinski definition) is 6. The number of allylic oxidation sites excluding steroid dienone is 8. The minimum Gasteiger partial charge on any atom is -0.462 e. The molecule has 0 radical (unpaired) electrons. The fourth-order valence-corrected chi connectivity index (χ4v) is 4.66. The molecule has 44 heavy (non-hydrogen) atoms. The second-order valence-corrected chi connectivity index (χ2v) is 12.4. The standard InChI is InChI=1S/C35H61O8P/c1-3-5-7-9-11-13-14-15-16-17-18-19-20-22-24-26-28-30-35(37)43-33(32-42-44(38,39)40)31-41-34(36)29-27-25-23-21-12-10-8-6-4-2/h11,13,15-16,18-19,22,24,33H,3-10,12,14,17,20-21,23,25-32H2,1-2H3,(H2,38,39,40)/b13-11-,16-15-,19-18-,24-22-/t33-/m1/s1. The van der Waals surface area contributed by atoms with E-state index in [2.05, 4.69) is 54.8 Å².